The molecular formula is C16H27FN2. The Hall–Kier alpha value is -0.930. The maximum atomic E-state index is 13.6. The second-order valence-electron chi connectivity index (χ2n) is 5.15. The van der Waals surface area contributed by atoms with E-state index in [9.17, 15) is 4.39 Å². The van der Waals surface area contributed by atoms with Gasteiger partial charge in [-0.3, -0.25) is 11.3 Å². The lowest BCUT2D eigenvalue weighted by Crippen LogP contribution is -2.28. The molecule has 0 saturated carbocycles. The van der Waals surface area contributed by atoms with Crippen LogP contribution in [-0.2, 0) is 0 Å². The molecule has 0 saturated heterocycles. The summed E-state index contributed by atoms with van der Waals surface area (Å²) in [6, 6.07) is 6.79. The highest BCUT2D eigenvalue weighted by molar-refractivity contribution is 5.20. The number of unbranched alkanes of at least 4 members (excludes halogenated alkanes) is 6. The van der Waals surface area contributed by atoms with E-state index in [1.165, 1.54) is 44.6 Å². The highest BCUT2D eigenvalue weighted by Crippen LogP contribution is 2.22. The summed E-state index contributed by atoms with van der Waals surface area (Å²) in [4.78, 5) is 0. The van der Waals surface area contributed by atoms with Gasteiger partial charge in [-0.25, -0.2) is 4.39 Å². The van der Waals surface area contributed by atoms with Gasteiger partial charge >= 0.3 is 0 Å². The molecule has 1 unspecified atom stereocenters. The Morgan fingerprint density at radius 1 is 1.05 bits per heavy atom. The monoisotopic (exact) mass is 266 g/mol. The molecule has 3 N–H and O–H groups in total. The molecule has 0 aromatic heterocycles. The van der Waals surface area contributed by atoms with Crippen molar-refractivity contribution in [1.82, 2.24) is 5.43 Å². The van der Waals surface area contributed by atoms with Crippen LogP contribution >= 0.6 is 0 Å². The van der Waals surface area contributed by atoms with Gasteiger partial charge in [0.15, 0.2) is 0 Å². The Bertz CT molecular complexity index is 341. The van der Waals surface area contributed by atoms with E-state index in [1.807, 2.05) is 6.07 Å². The van der Waals surface area contributed by atoms with Crippen molar-refractivity contribution in [1.29, 1.82) is 0 Å². The van der Waals surface area contributed by atoms with Gasteiger partial charge in [-0.15, -0.1) is 0 Å². The van der Waals surface area contributed by atoms with Crippen LogP contribution in [0.15, 0.2) is 24.3 Å². The van der Waals surface area contributed by atoms with Gasteiger partial charge in [0.2, 0.25) is 0 Å². The lowest BCUT2D eigenvalue weighted by Gasteiger charge is -2.16. The predicted octanol–water partition coefficient (Wildman–Crippen LogP) is 4.47. The Labute approximate surface area is 116 Å². The first-order chi connectivity index (χ1) is 9.29. The number of rotatable bonds is 10. The number of halogens is 1. The summed E-state index contributed by atoms with van der Waals surface area (Å²) in [5, 5.41) is 0. The molecule has 3 heteroatoms. The molecule has 1 rings (SSSR count). The summed E-state index contributed by atoms with van der Waals surface area (Å²) in [5.41, 5.74) is 3.41. The molecule has 0 amide bonds. The Balaban J connectivity index is 2.24. The Morgan fingerprint density at radius 2 is 1.68 bits per heavy atom. The van der Waals surface area contributed by atoms with Gasteiger partial charge in [0.1, 0.15) is 5.82 Å². The second-order valence-corrected chi connectivity index (χ2v) is 5.15. The first kappa shape index (κ1) is 16.1. The number of hydrogen-bond acceptors (Lipinski definition) is 2. The van der Waals surface area contributed by atoms with E-state index in [1.54, 1.807) is 12.1 Å². The fourth-order valence-corrected chi connectivity index (χ4v) is 2.39. The first-order valence-electron chi connectivity index (χ1n) is 7.50. The summed E-state index contributed by atoms with van der Waals surface area (Å²) >= 11 is 0. The third-order valence-electron chi connectivity index (χ3n) is 3.58. The molecule has 0 aliphatic heterocycles. The van der Waals surface area contributed by atoms with Crippen molar-refractivity contribution < 1.29 is 4.39 Å². The minimum Gasteiger partial charge on any atom is -0.271 e. The van der Waals surface area contributed by atoms with E-state index >= 15 is 0 Å². The largest absolute Gasteiger partial charge is 0.271 e. The van der Waals surface area contributed by atoms with Crippen molar-refractivity contribution in [2.45, 2.75) is 64.3 Å². The number of nitrogens with one attached hydrogen (secondary N) is 1. The standard InChI is InChI=1S/C16H27FN2/c1-2-3-4-5-6-7-8-13-16(19-18)14-11-9-10-12-15(14)17/h9-12,16,19H,2-8,13,18H2,1H3. The average molecular weight is 266 g/mol. The molecular weight excluding hydrogens is 239 g/mol. The zero-order chi connectivity index (χ0) is 13.9. The maximum absolute atomic E-state index is 13.6. The molecule has 1 aromatic rings. The fraction of sp³-hybridized carbons (Fsp3) is 0.625. The van der Waals surface area contributed by atoms with Crippen molar-refractivity contribution in [3.05, 3.63) is 35.6 Å². The second kappa shape index (κ2) is 9.93. The van der Waals surface area contributed by atoms with Crippen LogP contribution in [0.2, 0.25) is 0 Å². The fourth-order valence-electron chi connectivity index (χ4n) is 2.39. The molecule has 0 aliphatic rings. The van der Waals surface area contributed by atoms with E-state index in [0.29, 0.717) is 5.56 Å². The molecule has 0 spiro atoms. The molecule has 0 bridgehead atoms. The van der Waals surface area contributed by atoms with Crippen molar-refractivity contribution in [3.63, 3.8) is 0 Å². The SMILES string of the molecule is CCCCCCCCCC(NN)c1ccccc1F. The molecule has 1 aromatic carbocycles. The van der Waals surface area contributed by atoms with E-state index in [2.05, 4.69) is 12.3 Å². The minimum absolute atomic E-state index is 0.0724. The van der Waals surface area contributed by atoms with Crippen LogP contribution in [0.5, 0.6) is 0 Å². The normalized spacial score (nSPS) is 12.6. The Kier molecular flexibility index (Phi) is 8.43. The number of benzene rings is 1. The number of hydrazine groups is 1. The lowest BCUT2D eigenvalue weighted by atomic mass is 9.99. The third kappa shape index (κ3) is 6.17. The van der Waals surface area contributed by atoms with Crippen molar-refractivity contribution in [2.75, 3.05) is 0 Å². The van der Waals surface area contributed by atoms with E-state index in [0.717, 1.165) is 12.8 Å². The van der Waals surface area contributed by atoms with Gasteiger partial charge in [0, 0.05) is 11.6 Å². The van der Waals surface area contributed by atoms with E-state index < -0.39 is 0 Å². The van der Waals surface area contributed by atoms with Crippen LogP contribution in [0.4, 0.5) is 4.39 Å². The van der Waals surface area contributed by atoms with Crippen LogP contribution in [0.3, 0.4) is 0 Å². The third-order valence-corrected chi connectivity index (χ3v) is 3.58. The van der Waals surface area contributed by atoms with Crippen LogP contribution < -0.4 is 11.3 Å². The molecule has 0 fully saturated rings. The average Bonchev–Trinajstić information content (AvgIpc) is 2.43. The van der Waals surface area contributed by atoms with E-state index in [-0.39, 0.29) is 11.9 Å². The maximum Gasteiger partial charge on any atom is 0.128 e. The van der Waals surface area contributed by atoms with Crippen LogP contribution in [0.1, 0.15) is 69.9 Å². The zero-order valence-corrected chi connectivity index (χ0v) is 12.0. The van der Waals surface area contributed by atoms with Crippen LogP contribution in [0, 0.1) is 5.82 Å². The predicted molar refractivity (Wildman–Crippen MR) is 79.1 cm³/mol. The highest BCUT2D eigenvalue weighted by atomic mass is 19.1. The summed E-state index contributed by atoms with van der Waals surface area (Å²) in [5.74, 6) is 5.36. The summed E-state index contributed by atoms with van der Waals surface area (Å²) in [6.07, 6.45) is 9.73. The molecule has 108 valence electrons. The van der Waals surface area contributed by atoms with Crippen LogP contribution in [0.25, 0.3) is 0 Å². The van der Waals surface area contributed by atoms with Gasteiger partial charge in [-0.2, -0.15) is 0 Å². The van der Waals surface area contributed by atoms with E-state index in [4.69, 9.17) is 5.84 Å². The lowest BCUT2D eigenvalue weighted by molar-refractivity contribution is 0.457. The smallest absolute Gasteiger partial charge is 0.128 e. The quantitative estimate of drug-likeness (QED) is 0.372. The van der Waals surface area contributed by atoms with Crippen LogP contribution in [-0.4, -0.2) is 0 Å². The summed E-state index contributed by atoms with van der Waals surface area (Å²) < 4.78 is 13.6. The van der Waals surface area contributed by atoms with Crippen molar-refractivity contribution >= 4 is 0 Å². The molecule has 0 heterocycles. The van der Waals surface area contributed by atoms with Gasteiger partial charge in [-0.1, -0.05) is 70.1 Å². The van der Waals surface area contributed by atoms with Gasteiger partial charge < -0.3 is 0 Å². The van der Waals surface area contributed by atoms with Gasteiger partial charge in [0.05, 0.1) is 0 Å². The van der Waals surface area contributed by atoms with Gasteiger partial charge in [-0.05, 0) is 12.5 Å². The molecule has 2 nitrogen and oxygen atoms in total. The number of nitrogens with two attached hydrogens (primary N) is 1. The van der Waals surface area contributed by atoms with Crippen molar-refractivity contribution in [3.8, 4) is 0 Å². The number of hydrogen-bond donors (Lipinski definition) is 2. The Morgan fingerprint density at radius 3 is 2.32 bits per heavy atom. The zero-order valence-electron chi connectivity index (χ0n) is 12.0. The summed E-state index contributed by atoms with van der Waals surface area (Å²) in [6.45, 7) is 2.23. The highest BCUT2D eigenvalue weighted by Gasteiger charge is 2.12. The minimum atomic E-state index is -0.173. The summed E-state index contributed by atoms with van der Waals surface area (Å²) in [7, 11) is 0. The molecule has 19 heavy (non-hydrogen) atoms. The molecule has 1 atom stereocenters. The van der Waals surface area contributed by atoms with Gasteiger partial charge in [0.25, 0.3) is 0 Å². The molecule has 0 radical (unpaired) electrons. The topological polar surface area (TPSA) is 38.0 Å². The molecule has 0 aliphatic carbocycles. The van der Waals surface area contributed by atoms with Crippen molar-refractivity contribution in [2.24, 2.45) is 5.84 Å². The first-order valence-corrected chi connectivity index (χ1v) is 7.50.